The monoisotopic (exact) mass is 445 g/mol. The van der Waals surface area contributed by atoms with Crippen LogP contribution in [0.4, 0.5) is 0 Å². The highest BCUT2D eigenvalue weighted by molar-refractivity contribution is 8.26. The van der Waals surface area contributed by atoms with Gasteiger partial charge in [0.25, 0.3) is 5.91 Å². The second-order valence-electron chi connectivity index (χ2n) is 6.98. The van der Waals surface area contributed by atoms with Crippen molar-refractivity contribution in [2.24, 2.45) is 0 Å². The highest BCUT2D eigenvalue weighted by atomic mass is 32.2. The topological polar surface area (TPSA) is 108 Å². The summed E-state index contributed by atoms with van der Waals surface area (Å²) in [6.45, 7) is 4.23. The number of carbonyl (C=O) groups excluding carboxylic acids is 1. The molecule has 1 unspecified atom stereocenters. The Labute approximate surface area is 182 Å². The van der Waals surface area contributed by atoms with Crippen LogP contribution in [0.1, 0.15) is 37.5 Å². The fourth-order valence-corrected chi connectivity index (χ4v) is 4.29. The lowest BCUT2D eigenvalue weighted by atomic mass is 10.0. The molecule has 1 aliphatic rings. The number of rotatable bonds is 7. The van der Waals surface area contributed by atoms with Crippen LogP contribution in [0.5, 0.6) is 0 Å². The predicted octanol–water partition coefficient (Wildman–Crippen LogP) is 4.20. The molecular formula is C21H19NO6S2. The number of carboxylic acids is 2. The Kier molecular flexibility index (Phi) is 6.42. The molecule has 0 spiro atoms. The number of benzene rings is 1. The van der Waals surface area contributed by atoms with Gasteiger partial charge in [0.2, 0.25) is 0 Å². The lowest BCUT2D eigenvalue weighted by Crippen LogP contribution is -2.45. The fourth-order valence-electron chi connectivity index (χ4n) is 2.95. The van der Waals surface area contributed by atoms with E-state index in [2.05, 4.69) is 13.8 Å². The summed E-state index contributed by atoms with van der Waals surface area (Å²) in [5.41, 5.74) is 2.10. The normalized spacial score (nSPS) is 16.5. The molecule has 2 aromatic rings. The molecule has 0 bridgehead atoms. The number of amides is 1. The fraction of sp³-hybridized carbons (Fsp3) is 0.238. The van der Waals surface area contributed by atoms with Gasteiger partial charge in [-0.1, -0.05) is 62.1 Å². The minimum atomic E-state index is -1.56. The molecule has 0 radical (unpaired) electrons. The van der Waals surface area contributed by atoms with E-state index >= 15 is 0 Å². The molecule has 1 amide bonds. The summed E-state index contributed by atoms with van der Waals surface area (Å²) >= 11 is 6.03. The van der Waals surface area contributed by atoms with Gasteiger partial charge < -0.3 is 14.6 Å². The minimum absolute atomic E-state index is 0.00375. The average molecular weight is 446 g/mol. The van der Waals surface area contributed by atoms with Crippen LogP contribution in [0.15, 0.2) is 45.7 Å². The largest absolute Gasteiger partial charge is 0.481 e. The number of carboxylic acid groups (broad SMARTS) is 2. The molecule has 0 aliphatic carbocycles. The van der Waals surface area contributed by atoms with Crippen molar-refractivity contribution >= 4 is 52.2 Å². The predicted molar refractivity (Wildman–Crippen MR) is 117 cm³/mol. The lowest BCUT2D eigenvalue weighted by molar-refractivity contribution is -0.150. The van der Waals surface area contributed by atoms with E-state index in [1.54, 1.807) is 12.1 Å². The van der Waals surface area contributed by atoms with Gasteiger partial charge in [-0.15, -0.1) is 0 Å². The molecule has 2 heterocycles. The van der Waals surface area contributed by atoms with Crippen molar-refractivity contribution in [1.82, 2.24) is 4.90 Å². The molecule has 7 nitrogen and oxygen atoms in total. The molecule has 1 aliphatic heterocycles. The SMILES string of the molecule is CC(C)c1ccc(-c2ccc(C=C3SC(=S)N(C(CC(=O)O)C(=O)O)C3=O)o2)cc1. The van der Waals surface area contributed by atoms with Crippen molar-refractivity contribution in [2.45, 2.75) is 32.2 Å². The first kappa shape index (κ1) is 21.8. The second-order valence-corrected chi connectivity index (χ2v) is 8.66. The van der Waals surface area contributed by atoms with Crippen LogP contribution in [0.3, 0.4) is 0 Å². The minimum Gasteiger partial charge on any atom is -0.481 e. The van der Waals surface area contributed by atoms with Crippen LogP contribution < -0.4 is 0 Å². The maximum absolute atomic E-state index is 12.7. The molecule has 1 atom stereocenters. The molecule has 1 aromatic carbocycles. The van der Waals surface area contributed by atoms with Gasteiger partial charge in [0.15, 0.2) is 0 Å². The third kappa shape index (κ3) is 4.63. The van der Waals surface area contributed by atoms with Crippen LogP contribution in [-0.4, -0.2) is 43.3 Å². The summed E-state index contributed by atoms with van der Waals surface area (Å²) in [7, 11) is 0. The molecule has 3 rings (SSSR count). The zero-order valence-electron chi connectivity index (χ0n) is 16.2. The van der Waals surface area contributed by atoms with Gasteiger partial charge in [0.1, 0.15) is 21.9 Å². The van der Waals surface area contributed by atoms with E-state index in [4.69, 9.17) is 21.7 Å². The second kappa shape index (κ2) is 8.85. The Hall–Kier alpha value is -2.91. The van der Waals surface area contributed by atoms with E-state index in [0.29, 0.717) is 17.4 Å². The quantitative estimate of drug-likeness (QED) is 0.482. The van der Waals surface area contributed by atoms with Gasteiger partial charge in [-0.05, 0) is 23.6 Å². The van der Waals surface area contributed by atoms with Crippen molar-refractivity contribution in [2.75, 3.05) is 0 Å². The number of thiocarbonyl (C=S) groups is 1. The Balaban J connectivity index is 1.82. The van der Waals surface area contributed by atoms with Gasteiger partial charge in [0, 0.05) is 11.6 Å². The maximum atomic E-state index is 12.7. The van der Waals surface area contributed by atoms with Crippen LogP contribution >= 0.6 is 24.0 Å². The van der Waals surface area contributed by atoms with Crippen LogP contribution in [-0.2, 0) is 14.4 Å². The zero-order chi connectivity index (χ0) is 22.0. The van der Waals surface area contributed by atoms with Gasteiger partial charge >= 0.3 is 11.9 Å². The van der Waals surface area contributed by atoms with Crippen LogP contribution in [0.2, 0.25) is 0 Å². The van der Waals surface area contributed by atoms with Crippen molar-refractivity contribution in [3.05, 3.63) is 52.6 Å². The summed E-state index contributed by atoms with van der Waals surface area (Å²) in [5.74, 6) is -1.97. The molecule has 1 aromatic heterocycles. The van der Waals surface area contributed by atoms with E-state index < -0.39 is 30.3 Å². The number of furan rings is 1. The highest BCUT2D eigenvalue weighted by Gasteiger charge is 2.41. The Morgan fingerprint density at radius 1 is 1.17 bits per heavy atom. The average Bonchev–Trinajstić information content (AvgIpc) is 3.25. The number of hydrogen-bond donors (Lipinski definition) is 2. The molecule has 30 heavy (non-hydrogen) atoms. The first-order valence-electron chi connectivity index (χ1n) is 9.09. The standard InChI is InChI=1S/C21H19NO6S2/c1-11(2)12-3-5-13(6-4-12)16-8-7-14(28-16)9-17-19(25)22(21(29)30-17)15(20(26)27)10-18(23)24/h3-9,11,15H,10H2,1-2H3,(H,23,24)(H,26,27). The summed E-state index contributed by atoms with van der Waals surface area (Å²) in [6, 6.07) is 9.89. The molecule has 0 saturated carbocycles. The third-order valence-electron chi connectivity index (χ3n) is 4.55. The Morgan fingerprint density at radius 3 is 2.40 bits per heavy atom. The number of aliphatic carboxylic acids is 2. The molecule has 156 valence electrons. The third-order valence-corrected chi connectivity index (χ3v) is 5.88. The summed E-state index contributed by atoms with van der Waals surface area (Å²) < 4.78 is 5.81. The van der Waals surface area contributed by atoms with Crippen molar-refractivity contribution in [3.8, 4) is 11.3 Å². The number of thioether (sulfide) groups is 1. The first-order valence-corrected chi connectivity index (χ1v) is 10.3. The van der Waals surface area contributed by atoms with Gasteiger partial charge in [-0.3, -0.25) is 14.5 Å². The molecular weight excluding hydrogens is 426 g/mol. The summed E-state index contributed by atoms with van der Waals surface area (Å²) in [6.07, 6.45) is 0.733. The lowest BCUT2D eigenvalue weighted by Gasteiger charge is -2.21. The maximum Gasteiger partial charge on any atom is 0.327 e. The van der Waals surface area contributed by atoms with E-state index in [1.165, 1.54) is 11.6 Å². The summed E-state index contributed by atoms with van der Waals surface area (Å²) in [4.78, 5) is 36.1. The number of carbonyl (C=O) groups is 3. The van der Waals surface area contributed by atoms with E-state index in [0.717, 1.165) is 22.2 Å². The zero-order valence-corrected chi connectivity index (χ0v) is 17.8. The van der Waals surface area contributed by atoms with Crippen molar-refractivity contribution in [1.29, 1.82) is 0 Å². The van der Waals surface area contributed by atoms with E-state index in [9.17, 15) is 19.5 Å². The molecule has 1 saturated heterocycles. The number of hydrogen-bond acceptors (Lipinski definition) is 6. The smallest absolute Gasteiger partial charge is 0.327 e. The Morgan fingerprint density at radius 2 is 1.83 bits per heavy atom. The van der Waals surface area contributed by atoms with Crippen LogP contribution in [0, 0.1) is 0 Å². The van der Waals surface area contributed by atoms with Gasteiger partial charge in [0.05, 0.1) is 11.3 Å². The first-order chi connectivity index (χ1) is 14.2. The molecule has 9 heteroatoms. The van der Waals surface area contributed by atoms with E-state index in [1.807, 2.05) is 24.3 Å². The number of nitrogens with zero attached hydrogens (tertiary/aromatic N) is 1. The summed E-state index contributed by atoms with van der Waals surface area (Å²) in [5, 5.41) is 18.3. The van der Waals surface area contributed by atoms with Crippen molar-refractivity contribution in [3.63, 3.8) is 0 Å². The molecule has 1 fully saturated rings. The van der Waals surface area contributed by atoms with Crippen molar-refractivity contribution < 1.29 is 29.0 Å². The van der Waals surface area contributed by atoms with Gasteiger partial charge in [-0.25, -0.2) is 4.79 Å². The molecule has 2 N–H and O–H groups in total. The highest BCUT2D eigenvalue weighted by Crippen LogP contribution is 2.35. The van der Waals surface area contributed by atoms with Crippen LogP contribution in [0.25, 0.3) is 17.4 Å². The Bertz CT molecular complexity index is 1040. The van der Waals surface area contributed by atoms with E-state index in [-0.39, 0.29) is 9.23 Å². The van der Waals surface area contributed by atoms with Gasteiger partial charge in [-0.2, -0.15) is 0 Å².